The van der Waals surface area contributed by atoms with E-state index in [1.807, 2.05) is 4.90 Å². The summed E-state index contributed by atoms with van der Waals surface area (Å²) >= 11 is 0. The normalized spacial score (nSPS) is 24.0. The van der Waals surface area contributed by atoms with E-state index < -0.39 is 0 Å². The van der Waals surface area contributed by atoms with Crippen LogP contribution in [0.3, 0.4) is 0 Å². The van der Waals surface area contributed by atoms with Crippen molar-refractivity contribution >= 4 is 5.91 Å². The second kappa shape index (κ2) is 7.83. The van der Waals surface area contributed by atoms with Gasteiger partial charge in [-0.2, -0.15) is 4.80 Å². The predicted molar refractivity (Wildman–Crippen MR) is 85.7 cm³/mol. The van der Waals surface area contributed by atoms with Crippen LogP contribution in [0.25, 0.3) is 0 Å². The Morgan fingerprint density at radius 2 is 2.00 bits per heavy atom. The zero-order chi connectivity index (χ0) is 16.1. The Morgan fingerprint density at radius 1 is 1.17 bits per heavy atom. The number of nitrogens with zero attached hydrogens (tertiary/aromatic N) is 7. The fourth-order valence-corrected chi connectivity index (χ4v) is 3.50. The molecule has 2 saturated heterocycles. The smallest absolute Gasteiger partial charge is 0.246 e. The summed E-state index contributed by atoms with van der Waals surface area (Å²) in [5.41, 5.74) is 0. The molecule has 0 aliphatic carbocycles. The van der Waals surface area contributed by atoms with Crippen LogP contribution in [0.15, 0.2) is 6.33 Å². The van der Waals surface area contributed by atoms with Gasteiger partial charge in [-0.05, 0) is 37.9 Å². The molecule has 2 fully saturated rings. The third kappa shape index (κ3) is 4.48. The SMILES string of the molecule is CN1CCN(CCC2CCCCN2C(=O)Cn2ncnn2)CC1. The van der Waals surface area contributed by atoms with E-state index in [1.165, 1.54) is 17.5 Å². The summed E-state index contributed by atoms with van der Waals surface area (Å²) in [6, 6.07) is 0.361. The molecule has 0 spiro atoms. The predicted octanol–water partition coefficient (Wildman–Crippen LogP) is -0.308. The van der Waals surface area contributed by atoms with E-state index >= 15 is 0 Å². The summed E-state index contributed by atoms with van der Waals surface area (Å²) < 4.78 is 0. The third-order valence-corrected chi connectivity index (χ3v) is 4.99. The minimum Gasteiger partial charge on any atom is -0.338 e. The Morgan fingerprint density at radius 3 is 2.74 bits per heavy atom. The third-order valence-electron chi connectivity index (χ3n) is 4.99. The lowest BCUT2D eigenvalue weighted by Gasteiger charge is -2.38. The maximum absolute atomic E-state index is 12.5. The van der Waals surface area contributed by atoms with Crippen molar-refractivity contribution in [3.05, 3.63) is 6.33 Å². The molecule has 8 nitrogen and oxygen atoms in total. The molecule has 1 amide bonds. The molecule has 1 atom stereocenters. The Labute approximate surface area is 137 Å². The number of piperazine rings is 1. The molecular weight excluding hydrogens is 294 g/mol. The van der Waals surface area contributed by atoms with E-state index in [2.05, 4.69) is 32.3 Å². The summed E-state index contributed by atoms with van der Waals surface area (Å²) in [5, 5.41) is 11.4. The summed E-state index contributed by atoms with van der Waals surface area (Å²) in [4.78, 5) is 20.9. The van der Waals surface area contributed by atoms with E-state index in [1.54, 1.807) is 0 Å². The van der Waals surface area contributed by atoms with Crippen LogP contribution in [0.4, 0.5) is 0 Å². The summed E-state index contributed by atoms with van der Waals surface area (Å²) in [6.45, 7) is 6.71. The van der Waals surface area contributed by atoms with Crippen LogP contribution in [-0.2, 0) is 11.3 Å². The Bertz CT molecular complexity index is 484. The van der Waals surface area contributed by atoms with Crippen LogP contribution in [0.5, 0.6) is 0 Å². The van der Waals surface area contributed by atoms with Gasteiger partial charge in [-0.15, -0.1) is 10.2 Å². The van der Waals surface area contributed by atoms with Crippen LogP contribution in [0, 0.1) is 0 Å². The van der Waals surface area contributed by atoms with E-state index in [-0.39, 0.29) is 12.5 Å². The molecule has 0 N–H and O–H groups in total. The van der Waals surface area contributed by atoms with Crippen molar-refractivity contribution in [2.75, 3.05) is 46.3 Å². The van der Waals surface area contributed by atoms with E-state index in [9.17, 15) is 4.79 Å². The molecule has 1 unspecified atom stereocenters. The summed E-state index contributed by atoms with van der Waals surface area (Å²) in [5.74, 6) is 0.117. The molecule has 2 aliphatic rings. The molecule has 2 aliphatic heterocycles. The molecular formula is C15H27N7O. The molecule has 0 bridgehead atoms. The molecule has 3 heterocycles. The number of piperidine rings is 1. The number of carbonyl (C=O) groups is 1. The number of hydrogen-bond acceptors (Lipinski definition) is 6. The second-order valence-electron chi connectivity index (χ2n) is 6.64. The zero-order valence-electron chi connectivity index (χ0n) is 14.0. The molecule has 23 heavy (non-hydrogen) atoms. The molecule has 1 aromatic heterocycles. The minimum absolute atomic E-state index is 0.117. The molecule has 128 valence electrons. The number of rotatable bonds is 5. The van der Waals surface area contributed by atoms with Gasteiger partial charge in [0, 0.05) is 45.3 Å². The molecule has 0 saturated carbocycles. The average molecular weight is 321 g/mol. The van der Waals surface area contributed by atoms with E-state index in [0.29, 0.717) is 6.04 Å². The molecule has 8 heteroatoms. The van der Waals surface area contributed by atoms with Crippen molar-refractivity contribution in [1.29, 1.82) is 0 Å². The first-order valence-electron chi connectivity index (χ1n) is 8.63. The van der Waals surface area contributed by atoms with Crippen LogP contribution >= 0.6 is 0 Å². The molecule has 0 aromatic carbocycles. The quantitative estimate of drug-likeness (QED) is 0.741. The topological polar surface area (TPSA) is 70.4 Å². The Kier molecular flexibility index (Phi) is 5.56. The van der Waals surface area contributed by atoms with Gasteiger partial charge in [0.1, 0.15) is 6.54 Å². The van der Waals surface area contributed by atoms with Crippen molar-refractivity contribution < 1.29 is 4.79 Å². The lowest BCUT2D eigenvalue weighted by atomic mass is 9.98. The van der Waals surface area contributed by atoms with Gasteiger partial charge in [0.15, 0.2) is 6.33 Å². The first-order chi connectivity index (χ1) is 11.2. The van der Waals surface area contributed by atoms with Gasteiger partial charge in [0.2, 0.25) is 5.91 Å². The highest BCUT2D eigenvalue weighted by molar-refractivity contribution is 5.76. The monoisotopic (exact) mass is 321 g/mol. The number of tetrazole rings is 1. The molecule has 1 aromatic rings. The number of likely N-dealkylation sites (N-methyl/N-ethyl adjacent to an activating group) is 1. The van der Waals surface area contributed by atoms with Crippen LogP contribution in [0.1, 0.15) is 25.7 Å². The van der Waals surface area contributed by atoms with Gasteiger partial charge < -0.3 is 14.7 Å². The number of amides is 1. The standard InChI is InChI=1S/C15H27N7O/c1-19-8-10-20(11-9-19)7-5-14-4-2-3-6-21(14)15(23)12-22-17-13-16-18-22/h13-14H,2-12H2,1H3. The van der Waals surface area contributed by atoms with Crippen molar-refractivity contribution in [1.82, 2.24) is 34.9 Å². The molecule has 0 radical (unpaired) electrons. The lowest BCUT2D eigenvalue weighted by molar-refractivity contribution is -0.136. The van der Waals surface area contributed by atoms with Crippen LogP contribution < -0.4 is 0 Å². The maximum Gasteiger partial charge on any atom is 0.246 e. The van der Waals surface area contributed by atoms with Crippen molar-refractivity contribution in [3.8, 4) is 0 Å². The lowest BCUT2D eigenvalue weighted by Crippen LogP contribution is -2.49. The van der Waals surface area contributed by atoms with Gasteiger partial charge in [-0.3, -0.25) is 4.79 Å². The second-order valence-corrected chi connectivity index (χ2v) is 6.64. The zero-order valence-corrected chi connectivity index (χ0v) is 14.0. The Balaban J connectivity index is 1.50. The first-order valence-corrected chi connectivity index (χ1v) is 8.63. The highest BCUT2D eigenvalue weighted by Crippen LogP contribution is 2.20. The summed E-state index contributed by atoms with van der Waals surface area (Å²) in [7, 11) is 2.18. The minimum atomic E-state index is 0.117. The van der Waals surface area contributed by atoms with E-state index in [4.69, 9.17) is 0 Å². The maximum atomic E-state index is 12.5. The number of aromatic nitrogens is 4. The highest BCUT2D eigenvalue weighted by atomic mass is 16.2. The largest absolute Gasteiger partial charge is 0.338 e. The van der Waals surface area contributed by atoms with Gasteiger partial charge in [0.05, 0.1) is 0 Å². The summed E-state index contributed by atoms with van der Waals surface area (Å²) in [6.07, 6.45) is 5.87. The van der Waals surface area contributed by atoms with Crippen molar-refractivity contribution in [3.63, 3.8) is 0 Å². The van der Waals surface area contributed by atoms with Gasteiger partial charge in [0.25, 0.3) is 0 Å². The van der Waals surface area contributed by atoms with Gasteiger partial charge in [-0.25, -0.2) is 0 Å². The average Bonchev–Trinajstić information content (AvgIpc) is 3.07. The van der Waals surface area contributed by atoms with Gasteiger partial charge >= 0.3 is 0 Å². The Hall–Kier alpha value is -1.54. The molecule has 3 rings (SSSR count). The van der Waals surface area contributed by atoms with Crippen LogP contribution in [0.2, 0.25) is 0 Å². The highest BCUT2D eigenvalue weighted by Gasteiger charge is 2.27. The fraction of sp³-hybridized carbons (Fsp3) is 0.867. The number of carbonyl (C=O) groups excluding carboxylic acids is 1. The van der Waals surface area contributed by atoms with Crippen molar-refractivity contribution in [2.45, 2.75) is 38.3 Å². The number of hydrogen-bond donors (Lipinski definition) is 0. The fourth-order valence-electron chi connectivity index (χ4n) is 3.50. The van der Waals surface area contributed by atoms with Crippen LogP contribution in [-0.4, -0.2) is 93.2 Å². The van der Waals surface area contributed by atoms with E-state index in [0.717, 1.165) is 58.5 Å². The number of likely N-dealkylation sites (tertiary alicyclic amines) is 1. The van der Waals surface area contributed by atoms with Gasteiger partial charge in [-0.1, -0.05) is 0 Å². The first kappa shape index (κ1) is 16.3. The van der Waals surface area contributed by atoms with Crippen molar-refractivity contribution in [2.24, 2.45) is 0 Å².